The summed E-state index contributed by atoms with van der Waals surface area (Å²) in [5.41, 5.74) is -0.538. The van der Waals surface area contributed by atoms with E-state index in [0.29, 0.717) is 6.54 Å². The van der Waals surface area contributed by atoms with Crippen LogP contribution in [0.15, 0.2) is 22.8 Å². The van der Waals surface area contributed by atoms with Crippen LogP contribution in [0.5, 0.6) is 0 Å². The van der Waals surface area contributed by atoms with E-state index in [1.165, 1.54) is 0 Å². The Hall–Kier alpha value is -1.10. The molecule has 5 heteroatoms. The smallest absolute Gasteiger partial charge is 0.311 e. The van der Waals surface area contributed by atoms with Crippen molar-refractivity contribution in [1.82, 2.24) is 4.98 Å². The van der Waals surface area contributed by atoms with Crippen LogP contribution in [0.4, 0.5) is 5.82 Å². The Morgan fingerprint density at radius 2 is 2.44 bits per heavy atom. The minimum Gasteiger partial charge on any atom is -0.481 e. The first-order valence-electron chi connectivity index (χ1n) is 6.22. The number of carboxylic acid groups (broad SMARTS) is 1. The number of rotatable bonds is 2. The van der Waals surface area contributed by atoms with Gasteiger partial charge in [0.1, 0.15) is 5.82 Å². The van der Waals surface area contributed by atoms with Crippen LogP contribution >= 0.6 is 15.9 Å². The summed E-state index contributed by atoms with van der Waals surface area (Å²) in [5.74, 6) is 0.512. The first-order chi connectivity index (χ1) is 8.62. The normalized spacial score (nSPS) is 30.5. The van der Waals surface area contributed by atoms with Crippen molar-refractivity contribution < 1.29 is 9.90 Å². The Morgan fingerprint density at radius 3 is 3.11 bits per heavy atom. The van der Waals surface area contributed by atoms with Crippen molar-refractivity contribution >= 4 is 27.7 Å². The highest BCUT2D eigenvalue weighted by Crippen LogP contribution is 2.49. The number of aliphatic carboxylic acids is 1. The number of pyridine rings is 1. The summed E-state index contributed by atoms with van der Waals surface area (Å²) in [6.07, 6.45) is 4.62. The van der Waals surface area contributed by atoms with Gasteiger partial charge < -0.3 is 10.0 Å². The van der Waals surface area contributed by atoms with Gasteiger partial charge in [-0.1, -0.05) is 22.4 Å². The van der Waals surface area contributed by atoms with Gasteiger partial charge in [0.05, 0.1) is 5.41 Å². The molecule has 0 spiro atoms. The van der Waals surface area contributed by atoms with Crippen molar-refractivity contribution in [2.75, 3.05) is 18.0 Å². The highest BCUT2D eigenvalue weighted by atomic mass is 79.9. The molecule has 2 fully saturated rings. The van der Waals surface area contributed by atoms with Crippen LogP contribution in [0, 0.1) is 11.3 Å². The topological polar surface area (TPSA) is 53.4 Å². The highest BCUT2D eigenvalue weighted by Gasteiger charge is 2.55. The molecule has 1 aromatic rings. The third kappa shape index (κ3) is 1.72. The number of hydrogen-bond acceptors (Lipinski definition) is 3. The fraction of sp³-hybridized carbons (Fsp3) is 0.538. The number of halogens is 1. The van der Waals surface area contributed by atoms with Gasteiger partial charge in [-0.3, -0.25) is 4.79 Å². The van der Waals surface area contributed by atoms with Crippen LogP contribution in [0.2, 0.25) is 0 Å². The number of fused-ring (bicyclic) bond motifs is 1. The van der Waals surface area contributed by atoms with Crippen molar-refractivity contribution in [3.63, 3.8) is 0 Å². The zero-order valence-corrected chi connectivity index (χ0v) is 11.6. The van der Waals surface area contributed by atoms with Crippen molar-refractivity contribution in [3.8, 4) is 0 Å². The van der Waals surface area contributed by atoms with Crippen LogP contribution in [0.25, 0.3) is 0 Å². The van der Waals surface area contributed by atoms with Crippen LogP contribution in [-0.2, 0) is 4.79 Å². The largest absolute Gasteiger partial charge is 0.481 e. The lowest BCUT2D eigenvalue weighted by Gasteiger charge is -2.23. The van der Waals surface area contributed by atoms with Gasteiger partial charge in [-0.2, -0.15) is 0 Å². The number of aromatic nitrogens is 1. The van der Waals surface area contributed by atoms with Gasteiger partial charge in [-0.25, -0.2) is 4.98 Å². The molecule has 1 saturated heterocycles. The maximum Gasteiger partial charge on any atom is 0.311 e. The maximum absolute atomic E-state index is 11.6. The van der Waals surface area contributed by atoms with Gasteiger partial charge in [0, 0.05) is 23.8 Å². The third-order valence-corrected chi connectivity index (χ3v) is 4.82. The van der Waals surface area contributed by atoms with Crippen LogP contribution in [0.1, 0.15) is 19.3 Å². The number of nitrogens with zero attached hydrogens (tertiary/aromatic N) is 2. The van der Waals surface area contributed by atoms with Crippen molar-refractivity contribution in [2.24, 2.45) is 11.3 Å². The van der Waals surface area contributed by atoms with Crippen molar-refractivity contribution in [3.05, 3.63) is 22.8 Å². The van der Waals surface area contributed by atoms with E-state index in [9.17, 15) is 9.90 Å². The minimum atomic E-state index is -0.637. The molecule has 1 N–H and O–H groups in total. The fourth-order valence-corrected chi connectivity index (χ4v) is 3.70. The van der Waals surface area contributed by atoms with E-state index in [0.717, 1.165) is 36.1 Å². The average molecular weight is 311 g/mol. The molecule has 0 radical (unpaired) electrons. The molecule has 1 aliphatic carbocycles. The van der Waals surface area contributed by atoms with Gasteiger partial charge in [0.25, 0.3) is 0 Å². The molecule has 0 bridgehead atoms. The second kappa shape index (κ2) is 4.23. The van der Waals surface area contributed by atoms with E-state index in [-0.39, 0.29) is 5.92 Å². The lowest BCUT2D eigenvalue weighted by Crippen LogP contribution is -2.35. The number of hydrogen-bond donors (Lipinski definition) is 1. The molecule has 0 aromatic carbocycles. The van der Waals surface area contributed by atoms with E-state index in [4.69, 9.17) is 0 Å². The number of carbonyl (C=O) groups is 1. The van der Waals surface area contributed by atoms with Gasteiger partial charge in [0.2, 0.25) is 0 Å². The molecule has 4 nitrogen and oxygen atoms in total. The summed E-state index contributed by atoms with van der Waals surface area (Å²) in [7, 11) is 0. The SMILES string of the molecule is O=C(O)[C@@]12CCC[C@H]1CN(c1cc(Br)ccn1)C2. The average Bonchev–Trinajstić information content (AvgIpc) is 2.85. The predicted molar refractivity (Wildman–Crippen MR) is 71.6 cm³/mol. The fourth-order valence-electron chi connectivity index (χ4n) is 3.38. The molecule has 96 valence electrons. The standard InChI is InChI=1S/C13H15BrN2O2/c14-10-3-5-15-11(6-10)16-7-9-2-1-4-13(9,8-16)12(17)18/h3,5-6,9H,1-2,4,7-8H2,(H,17,18)/t9-,13+/m0/s1. The number of anilines is 1. The summed E-state index contributed by atoms with van der Waals surface area (Å²) >= 11 is 3.43. The summed E-state index contributed by atoms with van der Waals surface area (Å²) < 4.78 is 0.980. The predicted octanol–water partition coefficient (Wildman–Crippen LogP) is 2.54. The zero-order chi connectivity index (χ0) is 12.8. The zero-order valence-electron chi connectivity index (χ0n) is 9.97. The molecule has 0 amide bonds. The molecule has 2 aliphatic rings. The third-order valence-electron chi connectivity index (χ3n) is 4.33. The first kappa shape index (κ1) is 12.0. The second-order valence-electron chi connectivity index (χ2n) is 5.26. The molecule has 3 rings (SSSR count). The van der Waals surface area contributed by atoms with Gasteiger partial charge in [0.15, 0.2) is 0 Å². The monoisotopic (exact) mass is 310 g/mol. The quantitative estimate of drug-likeness (QED) is 0.912. The summed E-state index contributed by atoms with van der Waals surface area (Å²) in [6.45, 7) is 1.41. The van der Waals surface area contributed by atoms with E-state index in [2.05, 4.69) is 25.8 Å². The van der Waals surface area contributed by atoms with E-state index < -0.39 is 11.4 Å². The molecule has 2 heterocycles. The molecular formula is C13H15BrN2O2. The molecule has 1 aliphatic heterocycles. The molecular weight excluding hydrogens is 296 g/mol. The highest BCUT2D eigenvalue weighted by molar-refractivity contribution is 9.10. The Labute approximate surface area is 114 Å². The summed E-state index contributed by atoms with van der Waals surface area (Å²) in [6, 6.07) is 3.84. The van der Waals surface area contributed by atoms with Gasteiger partial charge in [-0.15, -0.1) is 0 Å². The van der Waals surface area contributed by atoms with Crippen LogP contribution < -0.4 is 4.90 Å². The lowest BCUT2D eigenvalue weighted by molar-refractivity contribution is -0.149. The molecule has 1 aromatic heterocycles. The summed E-state index contributed by atoms with van der Waals surface area (Å²) in [4.78, 5) is 18.0. The number of carboxylic acids is 1. The van der Waals surface area contributed by atoms with Gasteiger partial charge in [-0.05, 0) is 30.9 Å². The summed E-state index contributed by atoms with van der Waals surface area (Å²) in [5, 5.41) is 9.54. The Balaban J connectivity index is 1.89. The molecule has 2 atom stereocenters. The maximum atomic E-state index is 11.6. The lowest BCUT2D eigenvalue weighted by atomic mass is 9.81. The molecule has 1 saturated carbocycles. The van der Waals surface area contributed by atoms with Crippen molar-refractivity contribution in [1.29, 1.82) is 0 Å². The van der Waals surface area contributed by atoms with Gasteiger partial charge >= 0.3 is 5.97 Å². The molecule has 0 unspecified atom stereocenters. The van der Waals surface area contributed by atoms with Crippen LogP contribution in [0.3, 0.4) is 0 Å². The van der Waals surface area contributed by atoms with E-state index >= 15 is 0 Å². The second-order valence-corrected chi connectivity index (χ2v) is 6.18. The van der Waals surface area contributed by atoms with Crippen molar-refractivity contribution in [2.45, 2.75) is 19.3 Å². The Bertz CT molecular complexity index is 494. The molecule has 18 heavy (non-hydrogen) atoms. The van der Waals surface area contributed by atoms with E-state index in [1.807, 2.05) is 12.1 Å². The van der Waals surface area contributed by atoms with Crippen LogP contribution in [-0.4, -0.2) is 29.1 Å². The first-order valence-corrected chi connectivity index (χ1v) is 7.01. The Morgan fingerprint density at radius 1 is 1.61 bits per heavy atom. The Kier molecular flexibility index (Phi) is 2.81. The minimum absolute atomic E-state index is 0.274. The van der Waals surface area contributed by atoms with E-state index in [1.54, 1.807) is 6.20 Å².